The molecule has 1 aliphatic carbocycles. The van der Waals surface area contributed by atoms with Gasteiger partial charge in [-0.25, -0.2) is 0 Å². The van der Waals surface area contributed by atoms with E-state index in [0.29, 0.717) is 27.9 Å². The molecule has 0 spiro atoms. The van der Waals surface area contributed by atoms with Gasteiger partial charge in [0, 0.05) is 12.0 Å². The van der Waals surface area contributed by atoms with Gasteiger partial charge in [0.2, 0.25) is 0 Å². The number of fused-ring (bicyclic) bond motifs is 5. The molecule has 3 nitrogen and oxygen atoms in total. The number of furan rings is 2. The van der Waals surface area contributed by atoms with E-state index < -0.39 is 0 Å². The van der Waals surface area contributed by atoms with Crippen molar-refractivity contribution < 1.29 is 14.0 Å². The number of rotatable bonds is 1. The highest BCUT2D eigenvalue weighted by Crippen LogP contribution is 2.36. The zero-order chi connectivity index (χ0) is 11.3. The number of allylic oxidation sites excluding steroid dienone is 2. The molecule has 0 aromatic carbocycles. The van der Waals surface area contributed by atoms with Gasteiger partial charge in [-0.15, -0.1) is 0 Å². The first-order valence-electron chi connectivity index (χ1n) is 5.34. The first-order valence-corrected chi connectivity index (χ1v) is 5.34. The molecule has 2 heterocycles. The lowest BCUT2D eigenvalue weighted by molar-refractivity contribution is 0.0938. The molecule has 3 rings (SSSR count). The van der Waals surface area contributed by atoms with Crippen LogP contribution in [0, 0.1) is 0 Å². The molecule has 0 amide bonds. The molecule has 0 fully saturated rings. The summed E-state index contributed by atoms with van der Waals surface area (Å²) < 4.78 is 5.37. The fourth-order valence-electron chi connectivity index (χ4n) is 2.27. The fourth-order valence-corrected chi connectivity index (χ4v) is 2.27. The number of ketones is 2. The maximum atomic E-state index is 12.1. The number of hydrogen-bond acceptors (Lipinski definition) is 3. The minimum absolute atomic E-state index is 0.0105. The largest absolute Gasteiger partial charge is 0.456 e. The molecule has 16 heavy (non-hydrogen) atoms. The normalized spacial score (nSPS) is 18.7. The zero-order valence-corrected chi connectivity index (χ0v) is 8.87. The van der Waals surface area contributed by atoms with Gasteiger partial charge in [-0.1, -0.05) is 13.0 Å². The van der Waals surface area contributed by atoms with Crippen molar-refractivity contribution >= 4 is 22.7 Å². The minimum atomic E-state index is -0.0502. The first kappa shape index (κ1) is 9.33. The van der Waals surface area contributed by atoms with E-state index in [0.717, 1.165) is 6.42 Å². The Bertz CT molecular complexity index is 616. The van der Waals surface area contributed by atoms with E-state index in [4.69, 9.17) is 4.42 Å². The molecule has 2 aromatic heterocycles. The van der Waals surface area contributed by atoms with Crippen LogP contribution in [0.3, 0.4) is 0 Å². The lowest BCUT2D eigenvalue weighted by atomic mass is 9.85. The van der Waals surface area contributed by atoms with E-state index in [1.54, 1.807) is 12.1 Å². The van der Waals surface area contributed by atoms with Crippen LogP contribution in [0.4, 0.5) is 0 Å². The van der Waals surface area contributed by atoms with E-state index in [2.05, 4.69) is 0 Å². The van der Waals surface area contributed by atoms with E-state index in [-0.39, 0.29) is 18.0 Å². The number of Topliss-reactive ketones (excluding diaryl/α,β-unsaturated/α-hetero) is 2. The maximum Gasteiger partial charge on any atom is 0.193 e. The second kappa shape index (κ2) is 3.04. The highest BCUT2D eigenvalue weighted by Gasteiger charge is 2.34. The number of carbonyl (C=O) groups is 2. The van der Waals surface area contributed by atoms with Crippen molar-refractivity contribution in [2.75, 3.05) is 0 Å². The lowest BCUT2D eigenvalue weighted by Crippen LogP contribution is -2.18. The fraction of sp³-hybridized carbons (Fsp3) is 0.231. The van der Waals surface area contributed by atoms with Gasteiger partial charge >= 0.3 is 0 Å². The lowest BCUT2D eigenvalue weighted by Gasteiger charge is -2.13. The number of benzene rings is 1. The van der Waals surface area contributed by atoms with Gasteiger partial charge in [0.05, 0.1) is 11.1 Å². The SMILES string of the molecule is CC/C=C1\CC(=O)c2c(c3ccc2o3)C1=O. The van der Waals surface area contributed by atoms with Crippen LogP contribution in [0.2, 0.25) is 0 Å². The Labute approximate surface area is 92.1 Å². The van der Waals surface area contributed by atoms with Crippen molar-refractivity contribution in [1.82, 2.24) is 0 Å². The summed E-state index contributed by atoms with van der Waals surface area (Å²) in [5, 5.41) is 0. The predicted molar refractivity (Wildman–Crippen MR) is 59.1 cm³/mol. The van der Waals surface area contributed by atoms with Gasteiger partial charge < -0.3 is 4.42 Å². The summed E-state index contributed by atoms with van der Waals surface area (Å²) in [7, 11) is 0. The van der Waals surface area contributed by atoms with E-state index >= 15 is 0 Å². The highest BCUT2D eigenvalue weighted by molar-refractivity contribution is 6.28. The smallest absolute Gasteiger partial charge is 0.193 e. The van der Waals surface area contributed by atoms with Crippen molar-refractivity contribution in [2.24, 2.45) is 0 Å². The van der Waals surface area contributed by atoms with Gasteiger partial charge in [0.15, 0.2) is 11.6 Å². The summed E-state index contributed by atoms with van der Waals surface area (Å²) in [5.41, 5.74) is 2.62. The molecule has 3 heteroatoms. The third-order valence-corrected chi connectivity index (χ3v) is 2.95. The maximum absolute atomic E-state index is 12.1. The second-order valence-corrected chi connectivity index (χ2v) is 3.98. The predicted octanol–water partition coefficient (Wildman–Crippen LogP) is 2.98. The summed E-state index contributed by atoms with van der Waals surface area (Å²) in [6, 6.07) is 3.49. The van der Waals surface area contributed by atoms with Crippen molar-refractivity contribution in [3.05, 3.63) is 34.9 Å². The van der Waals surface area contributed by atoms with Crippen molar-refractivity contribution in [3.63, 3.8) is 0 Å². The van der Waals surface area contributed by atoms with Crippen LogP contribution in [0.5, 0.6) is 0 Å². The molecule has 0 saturated heterocycles. The van der Waals surface area contributed by atoms with Gasteiger partial charge in [-0.2, -0.15) is 0 Å². The van der Waals surface area contributed by atoms with Crippen LogP contribution in [-0.4, -0.2) is 11.6 Å². The summed E-state index contributed by atoms with van der Waals surface area (Å²) in [5.74, 6) is -0.0607. The first-order chi connectivity index (χ1) is 7.72. The van der Waals surface area contributed by atoms with Crippen molar-refractivity contribution in [2.45, 2.75) is 19.8 Å². The van der Waals surface area contributed by atoms with Crippen LogP contribution in [0.15, 0.2) is 28.2 Å². The molecular formula is C13H10O3. The molecule has 1 aliphatic rings. The Kier molecular flexibility index (Phi) is 1.78. The molecule has 0 saturated carbocycles. The van der Waals surface area contributed by atoms with Gasteiger partial charge in [0.1, 0.15) is 11.2 Å². The topological polar surface area (TPSA) is 47.3 Å². The molecule has 0 unspecified atom stereocenters. The zero-order valence-electron chi connectivity index (χ0n) is 8.87. The molecule has 80 valence electrons. The average molecular weight is 214 g/mol. The summed E-state index contributed by atoms with van der Waals surface area (Å²) in [6.45, 7) is 1.95. The molecule has 0 radical (unpaired) electrons. The van der Waals surface area contributed by atoms with Crippen molar-refractivity contribution in [3.8, 4) is 0 Å². The molecule has 2 bridgehead atoms. The number of carbonyl (C=O) groups excluding carboxylic acids is 2. The van der Waals surface area contributed by atoms with Gasteiger partial charge in [-0.05, 0) is 18.6 Å². The van der Waals surface area contributed by atoms with Crippen LogP contribution in [0.25, 0.3) is 11.2 Å². The standard InChI is InChI=1S/C13H10O3/c1-2-3-7-6-8(14)11-9-4-5-10(16-9)12(11)13(7)15/h3-5H,2,6H2,1H3/b7-3+. The Hall–Kier alpha value is -1.90. The third-order valence-electron chi connectivity index (χ3n) is 2.95. The molecular weight excluding hydrogens is 204 g/mol. The molecule has 0 aliphatic heterocycles. The van der Waals surface area contributed by atoms with Gasteiger partial charge in [0.25, 0.3) is 0 Å². The van der Waals surface area contributed by atoms with Crippen LogP contribution in [-0.2, 0) is 0 Å². The van der Waals surface area contributed by atoms with Crippen LogP contribution in [0.1, 0.15) is 40.5 Å². The van der Waals surface area contributed by atoms with E-state index in [9.17, 15) is 9.59 Å². The average Bonchev–Trinajstić information content (AvgIpc) is 2.85. The van der Waals surface area contributed by atoms with E-state index in [1.165, 1.54) is 0 Å². The van der Waals surface area contributed by atoms with Crippen molar-refractivity contribution in [1.29, 1.82) is 0 Å². The Morgan fingerprint density at radius 2 is 1.94 bits per heavy atom. The van der Waals surface area contributed by atoms with E-state index in [1.807, 2.05) is 13.0 Å². The van der Waals surface area contributed by atoms with Crippen LogP contribution < -0.4 is 0 Å². The Morgan fingerprint density at radius 3 is 2.62 bits per heavy atom. The quantitative estimate of drug-likeness (QED) is 0.685. The summed E-state index contributed by atoms with van der Waals surface area (Å²) in [6.07, 6.45) is 2.80. The highest BCUT2D eigenvalue weighted by atomic mass is 16.3. The Morgan fingerprint density at radius 1 is 1.25 bits per heavy atom. The second-order valence-electron chi connectivity index (χ2n) is 3.98. The van der Waals surface area contributed by atoms with Crippen LogP contribution >= 0.6 is 0 Å². The molecule has 0 atom stereocenters. The third kappa shape index (κ3) is 1.03. The van der Waals surface area contributed by atoms with Gasteiger partial charge in [-0.3, -0.25) is 9.59 Å². The summed E-state index contributed by atoms with van der Waals surface area (Å²) in [4.78, 5) is 24.0. The molecule has 0 N–H and O–H groups in total. The molecule has 2 aromatic rings. The Balaban J connectivity index is 2.26. The minimum Gasteiger partial charge on any atom is -0.456 e. The summed E-state index contributed by atoms with van der Waals surface area (Å²) >= 11 is 0. The number of hydrogen-bond donors (Lipinski definition) is 0. The monoisotopic (exact) mass is 214 g/mol.